The zero-order valence-corrected chi connectivity index (χ0v) is 18.1. The maximum atomic E-state index is 13.2. The number of carbonyl (C=O) groups excluding carboxylic acids is 2. The molecule has 1 N–H and O–H groups in total. The molecule has 0 spiro atoms. The van der Waals surface area contributed by atoms with Crippen LogP contribution in [0.3, 0.4) is 0 Å². The van der Waals surface area contributed by atoms with E-state index in [4.69, 9.17) is 9.47 Å². The molecular formula is C24H28N2O4. The lowest BCUT2D eigenvalue weighted by atomic mass is 10.0. The van der Waals surface area contributed by atoms with Gasteiger partial charge in [0.2, 0.25) is 0 Å². The first-order valence-corrected chi connectivity index (χ1v) is 10.2. The number of amides is 2. The summed E-state index contributed by atoms with van der Waals surface area (Å²) in [5.74, 6) is 0.668. The lowest BCUT2D eigenvalue weighted by Gasteiger charge is -2.19. The zero-order valence-electron chi connectivity index (χ0n) is 18.1. The Morgan fingerprint density at radius 2 is 1.60 bits per heavy atom. The van der Waals surface area contributed by atoms with Crippen molar-refractivity contribution in [3.63, 3.8) is 0 Å². The molecule has 0 aliphatic carbocycles. The normalized spacial score (nSPS) is 14.2. The maximum Gasteiger partial charge on any atom is 0.278 e. The Labute approximate surface area is 177 Å². The van der Waals surface area contributed by atoms with E-state index in [1.54, 1.807) is 12.1 Å². The highest BCUT2D eigenvalue weighted by Crippen LogP contribution is 2.34. The van der Waals surface area contributed by atoms with Gasteiger partial charge in [-0.25, -0.2) is 0 Å². The first-order valence-electron chi connectivity index (χ1n) is 10.2. The summed E-state index contributed by atoms with van der Waals surface area (Å²) in [6.07, 6.45) is 0.0495. The molecule has 0 aromatic heterocycles. The van der Waals surface area contributed by atoms with Crippen LogP contribution < -0.4 is 14.8 Å². The lowest BCUT2D eigenvalue weighted by molar-refractivity contribution is -0.138. The van der Waals surface area contributed by atoms with E-state index in [0.29, 0.717) is 34.9 Å². The number of imide groups is 1. The van der Waals surface area contributed by atoms with E-state index in [9.17, 15) is 9.59 Å². The Kier molecular flexibility index (Phi) is 6.45. The van der Waals surface area contributed by atoms with E-state index in [2.05, 4.69) is 5.32 Å². The van der Waals surface area contributed by atoms with Crippen molar-refractivity contribution in [2.24, 2.45) is 0 Å². The van der Waals surface area contributed by atoms with Crippen molar-refractivity contribution in [2.45, 2.75) is 46.8 Å². The summed E-state index contributed by atoms with van der Waals surface area (Å²) < 4.78 is 11.4. The maximum absolute atomic E-state index is 13.2. The van der Waals surface area contributed by atoms with E-state index in [-0.39, 0.29) is 29.7 Å². The van der Waals surface area contributed by atoms with Gasteiger partial charge in [0.1, 0.15) is 17.2 Å². The van der Waals surface area contributed by atoms with Crippen molar-refractivity contribution < 1.29 is 19.1 Å². The van der Waals surface area contributed by atoms with Crippen molar-refractivity contribution >= 4 is 23.1 Å². The number of hydrogen-bond donors (Lipinski definition) is 1. The van der Waals surface area contributed by atoms with Crippen LogP contribution in [0.2, 0.25) is 0 Å². The van der Waals surface area contributed by atoms with Gasteiger partial charge in [0, 0.05) is 6.04 Å². The van der Waals surface area contributed by atoms with Gasteiger partial charge < -0.3 is 14.8 Å². The predicted octanol–water partition coefficient (Wildman–Crippen LogP) is 4.47. The number of hydrogen-bond acceptors (Lipinski definition) is 5. The lowest BCUT2D eigenvalue weighted by Crippen LogP contribution is -2.38. The highest BCUT2D eigenvalue weighted by molar-refractivity contribution is 6.36. The predicted molar refractivity (Wildman–Crippen MR) is 117 cm³/mol. The average molecular weight is 408 g/mol. The third-order valence-corrected chi connectivity index (χ3v) is 4.59. The Morgan fingerprint density at radius 3 is 2.20 bits per heavy atom. The summed E-state index contributed by atoms with van der Waals surface area (Å²) in [6.45, 7) is 9.94. The highest BCUT2D eigenvalue weighted by Gasteiger charge is 2.40. The molecule has 1 heterocycles. The minimum Gasteiger partial charge on any atom is -0.492 e. The number of ether oxygens (including phenoxy) is 2. The van der Waals surface area contributed by atoms with Gasteiger partial charge >= 0.3 is 0 Å². The molecule has 0 unspecified atom stereocenters. The SMILES string of the molecule is CCOc1ccccc1NC1=C(c2ccc(OC(C)C)cc2)C(=O)N(C(C)C)C1=O. The van der Waals surface area contributed by atoms with E-state index in [1.807, 2.05) is 71.0 Å². The summed E-state index contributed by atoms with van der Waals surface area (Å²) >= 11 is 0. The molecule has 1 aliphatic heterocycles. The van der Waals surface area contributed by atoms with Crippen LogP contribution in [0, 0.1) is 0 Å². The Bertz CT molecular complexity index is 961. The molecule has 30 heavy (non-hydrogen) atoms. The summed E-state index contributed by atoms with van der Waals surface area (Å²) in [7, 11) is 0. The quantitative estimate of drug-likeness (QED) is 0.653. The van der Waals surface area contributed by atoms with Crippen LogP contribution in [0.4, 0.5) is 5.69 Å². The smallest absolute Gasteiger partial charge is 0.278 e. The van der Waals surface area contributed by atoms with Crippen molar-refractivity contribution in [1.82, 2.24) is 4.90 Å². The van der Waals surface area contributed by atoms with Crippen LogP contribution in [0.5, 0.6) is 11.5 Å². The summed E-state index contributed by atoms with van der Waals surface area (Å²) in [4.78, 5) is 27.6. The van der Waals surface area contributed by atoms with Gasteiger partial charge in [0.15, 0.2) is 0 Å². The number of rotatable bonds is 8. The first kappa shape index (κ1) is 21.4. The zero-order chi connectivity index (χ0) is 21.8. The van der Waals surface area contributed by atoms with E-state index >= 15 is 0 Å². The molecule has 0 atom stereocenters. The molecular weight excluding hydrogens is 380 g/mol. The second-order valence-corrected chi connectivity index (χ2v) is 7.57. The highest BCUT2D eigenvalue weighted by atomic mass is 16.5. The largest absolute Gasteiger partial charge is 0.492 e. The molecule has 3 rings (SSSR count). The number of nitrogens with one attached hydrogen (secondary N) is 1. The summed E-state index contributed by atoms with van der Waals surface area (Å²) in [5, 5.41) is 3.17. The molecule has 6 nitrogen and oxygen atoms in total. The third-order valence-electron chi connectivity index (χ3n) is 4.59. The molecule has 0 saturated carbocycles. The summed E-state index contributed by atoms with van der Waals surface area (Å²) in [6, 6.07) is 14.3. The number of para-hydroxylation sites is 2. The number of benzene rings is 2. The Hall–Kier alpha value is -3.28. The van der Waals surface area contributed by atoms with Crippen LogP contribution in [-0.4, -0.2) is 35.5 Å². The van der Waals surface area contributed by atoms with Crippen LogP contribution in [0.1, 0.15) is 40.2 Å². The molecule has 6 heteroatoms. The topological polar surface area (TPSA) is 67.9 Å². The first-order chi connectivity index (χ1) is 14.3. The Balaban J connectivity index is 2.05. The van der Waals surface area contributed by atoms with Gasteiger partial charge in [-0.05, 0) is 64.4 Å². The average Bonchev–Trinajstić information content (AvgIpc) is 2.93. The molecule has 0 fully saturated rings. The van der Waals surface area contributed by atoms with Crippen molar-refractivity contribution in [2.75, 3.05) is 11.9 Å². The molecule has 1 aliphatic rings. The molecule has 158 valence electrons. The summed E-state index contributed by atoms with van der Waals surface area (Å²) in [5.41, 5.74) is 1.89. The van der Waals surface area contributed by atoms with Crippen molar-refractivity contribution in [1.29, 1.82) is 0 Å². The van der Waals surface area contributed by atoms with E-state index in [1.165, 1.54) is 4.90 Å². The fraction of sp³-hybridized carbons (Fsp3) is 0.333. The molecule has 0 radical (unpaired) electrons. The van der Waals surface area contributed by atoms with Gasteiger partial charge in [-0.15, -0.1) is 0 Å². The molecule has 2 amide bonds. The second kappa shape index (κ2) is 9.03. The van der Waals surface area contributed by atoms with Gasteiger partial charge in [0.25, 0.3) is 11.8 Å². The van der Waals surface area contributed by atoms with Gasteiger partial charge in [-0.3, -0.25) is 14.5 Å². The van der Waals surface area contributed by atoms with Crippen LogP contribution in [0.15, 0.2) is 54.2 Å². The third kappa shape index (κ3) is 4.32. The van der Waals surface area contributed by atoms with Crippen LogP contribution in [0.25, 0.3) is 5.57 Å². The number of anilines is 1. The van der Waals surface area contributed by atoms with Gasteiger partial charge in [0.05, 0.1) is 24.0 Å². The van der Waals surface area contributed by atoms with Gasteiger partial charge in [-0.1, -0.05) is 24.3 Å². The number of nitrogens with zero attached hydrogens (tertiary/aromatic N) is 1. The minimum absolute atomic E-state index is 0.0495. The van der Waals surface area contributed by atoms with Gasteiger partial charge in [-0.2, -0.15) is 0 Å². The van der Waals surface area contributed by atoms with Crippen LogP contribution >= 0.6 is 0 Å². The van der Waals surface area contributed by atoms with Crippen molar-refractivity contribution in [3.05, 3.63) is 59.8 Å². The molecule has 0 bridgehead atoms. The fourth-order valence-corrected chi connectivity index (χ4v) is 3.36. The second-order valence-electron chi connectivity index (χ2n) is 7.57. The monoisotopic (exact) mass is 408 g/mol. The molecule has 2 aromatic rings. The van der Waals surface area contributed by atoms with E-state index < -0.39 is 0 Å². The standard InChI is InChI=1S/C24H28N2O4/c1-6-29-20-10-8-7-9-19(20)25-22-21(23(27)26(15(2)3)24(22)28)17-11-13-18(14-12-17)30-16(4)5/h7-16,25H,6H2,1-5H3. The van der Waals surface area contributed by atoms with Crippen LogP contribution in [-0.2, 0) is 9.59 Å². The number of carbonyl (C=O) groups is 2. The minimum atomic E-state index is -0.348. The Morgan fingerprint density at radius 1 is 0.933 bits per heavy atom. The van der Waals surface area contributed by atoms with E-state index in [0.717, 1.165) is 0 Å². The fourth-order valence-electron chi connectivity index (χ4n) is 3.36. The molecule has 2 aromatic carbocycles. The molecule has 0 saturated heterocycles. The van der Waals surface area contributed by atoms with Crippen molar-refractivity contribution in [3.8, 4) is 11.5 Å².